The van der Waals surface area contributed by atoms with E-state index in [1.54, 1.807) is 0 Å². The van der Waals surface area contributed by atoms with E-state index in [0.717, 1.165) is 0 Å². The number of hydrogen-bond donors (Lipinski definition) is 23. The Balaban J connectivity index is 0.00000185. The van der Waals surface area contributed by atoms with Crippen molar-refractivity contribution >= 4 is 0 Å². The van der Waals surface area contributed by atoms with E-state index in [9.17, 15) is 107 Å². The van der Waals surface area contributed by atoms with Gasteiger partial charge in [0.2, 0.25) is 0 Å². The van der Waals surface area contributed by atoms with Gasteiger partial charge in [-0.05, 0) is 6.92 Å². The van der Waals surface area contributed by atoms with Crippen molar-refractivity contribution in [3.8, 4) is 0 Å². The Kier molecular flexibility index (Phi) is 24.6. The lowest BCUT2D eigenvalue weighted by Gasteiger charge is -2.50. The van der Waals surface area contributed by atoms with Gasteiger partial charge in [0.25, 0.3) is 0 Å². The fourth-order valence-electron chi connectivity index (χ4n) is 10.4. The van der Waals surface area contributed by atoms with Crippen LogP contribution in [0, 0.1) is 0 Å². The summed E-state index contributed by atoms with van der Waals surface area (Å²) in [5, 5.41) is 246. The minimum Gasteiger partial charge on any atom is -0.394 e. The van der Waals surface area contributed by atoms with Gasteiger partial charge in [0, 0.05) is 0 Å². The summed E-state index contributed by atoms with van der Waals surface area (Å²) in [6.07, 6.45) is -70.8. The number of aliphatic hydroxyl groups excluding tert-OH is 23. The van der Waals surface area contributed by atoms with E-state index in [1.165, 1.54) is 6.92 Å². The van der Waals surface area contributed by atoms with Crippen LogP contribution in [0.1, 0.15) is 6.92 Å². The molecule has 21 aliphatic heterocycles. The number of aliphatic hydroxyl groups is 23. The van der Waals surface area contributed by atoms with Crippen LogP contribution in [0.15, 0.2) is 0 Å². The fraction of sp³-hybridized carbons (Fsp3) is 1.00. The molecule has 0 aromatic heterocycles. The van der Waals surface area contributed by atoms with Gasteiger partial charge in [-0.1, -0.05) is 0 Å². The van der Waals surface area contributed by atoms with Crippen LogP contribution in [0.25, 0.3) is 0 Å². The molecule has 0 spiro atoms. The Hall–Kier alpha value is -1.48. The predicted molar refractivity (Wildman–Crippen MR) is 247 cm³/mol. The molecule has 0 aromatic rings. The molecule has 480 valence electrons. The van der Waals surface area contributed by atoms with Gasteiger partial charge in [-0.15, -0.1) is 0 Å². The molecule has 21 aliphatic rings. The second-order valence-electron chi connectivity index (χ2n) is 20.7. The normalized spacial score (nSPS) is 52.9. The number of hydrogen-bond acceptors (Lipinski definition) is 37. The third-order valence-electron chi connectivity index (χ3n) is 15.0. The SMILES string of the molecule is CC(O)CO.OC[C@H]1O[C@@H]2O[C@H]3[C@H](O)[C@@H](O)[C@@H](O[C@H]4[C@H](O)[C@@H](O)[C@@H](O[C@H]5[C@H](O)[C@@H](O)[C@@H](O[C@H]6[C@H](O)[C@@H](O)[C@@H](O[C@H]7[C@H](O)[C@@H](O)[C@@H](O[C@H]8[C@H](O)[C@@H](O)[C@@H](O[C@H]1[C@H](O)[C@H]2O)O[C@@H]8CO)O[C@@H]7CO)O[C@@H]6CO)O[C@@H]5CO)O[C@@H]4CO)O[C@@H]3CO. The molecule has 1 unspecified atom stereocenters. The molecule has 36 atom stereocenters. The summed E-state index contributed by atoms with van der Waals surface area (Å²) >= 11 is 0. The maximum absolute atomic E-state index is 11.3. The van der Waals surface area contributed by atoms with Crippen LogP contribution in [0.5, 0.6) is 0 Å². The summed E-state index contributed by atoms with van der Waals surface area (Å²) in [5.74, 6) is 0. The molecule has 82 heavy (non-hydrogen) atoms. The summed E-state index contributed by atoms with van der Waals surface area (Å²) in [4.78, 5) is 0. The zero-order valence-electron chi connectivity index (χ0n) is 43.4. The largest absolute Gasteiger partial charge is 0.394 e. The molecule has 21 saturated heterocycles. The monoisotopic (exact) mass is 1210 g/mol. The Morgan fingerprint density at radius 1 is 0.220 bits per heavy atom. The van der Waals surface area contributed by atoms with Gasteiger partial charge in [0.15, 0.2) is 44.0 Å². The standard InChI is InChI=1S/C42H70O35.C3H8O2/c43-1-8-29-15(50)22(57)36(64-8)72-30-9(2-44)66-38(24(59)17(30)52)74-32-11(4-46)68-40(26(61)19(32)54)76-34-13(6-48)70-42(28(63)21(34)56)77-35-14(7-49)69-41(27(62)20(35)55)75-33-12(5-47)67-39(25(60)18(33)53)73-31-10(3-45)65-37(71-29)23(58)16(31)51;1-3(5)2-4/h8-63H,1-7H2;3-5H,2H2,1H3/t8-,9-,10-,11-,12-,13-,14-,15-,16-,17-,18-,19-,20-,21-,22-,23-,24-,25-,26-,27-,28-,29-,30-,31-,32-,33-,34-,35-,36-,37-,38-,39-,40-,41-,42-;/m1./s1. The van der Waals surface area contributed by atoms with Crippen LogP contribution in [-0.4, -0.2) is 391 Å². The van der Waals surface area contributed by atoms with Crippen LogP contribution < -0.4 is 0 Å². The predicted octanol–water partition coefficient (Wildman–Crippen LogP) is -15.9. The van der Waals surface area contributed by atoms with Crippen molar-refractivity contribution in [2.75, 3.05) is 52.9 Å². The van der Waals surface area contributed by atoms with E-state index >= 15 is 0 Å². The number of ether oxygens (including phenoxy) is 14. The van der Waals surface area contributed by atoms with Gasteiger partial charge in [-0.25, -0.2) is 0 Å². The third kappa shape index (κ3) is 14.2. The van der Waals surface area contributed by atoms with Gasteiger partial charge in [0.1, 0.15) is 171 Å². The van der Waals surface area contributed by atoms with Crippen molar-refractivity contribution in [3.05, 3.63) is 0 Å². The molecule has 23 N–H and O–H groups in total. The lowest BCUT2D eigenvalue weighted by molar-refractivity contribution is -0.396. The van der Waals surface area contributed by atoms with E-state index in [1.807, 2.05) is 0 Å². The second-order valence-corrected chi connectivity index (χ2v) is 20.7. The van der Waals surface area contributed by atoms with Gasteiger partial charge < -0.3 is 184 Å². The molecule has 14 bridgehead atoms. The first-order chi connectivity index (χ1) is 38.9. The molecule has 0 radical (unpaired) electrons. The zero-order valence-corrected chi connectivity index (χ0v) is 43.4. The van der Waals surface area contributed by atoms with E-state index in [2.05, 4.69) is 0 Å². The third-order valence-corrected chi connectivity index (χ3v) is 15.0. The van der Waals surface area contributed by atoms with Crippen molar-refractivity contribution in [1.29, 1.82) is 0 Å². The highest BCUT2D eigenvalue weighted by molar-refractivity contribution is 5.01. The first-order valence-electron chi connectivity index (χ1n) is 26.2. The summed E-state index contributed by atoms with van der Waals surface area (Å²) in [6, 6.07) is 0. The molecular weight excluding hydrogens is 1130 g/mol. The van der Waals surface area contributed by atoms with Crippen LogP contribution >= 0.6 is 0 Å². The Morgan fingerprint density at radius 3 is 0.415 bits per heavy atom. The topological polar surface area (TPSA) is 595 Å². The van der Waals surface area contributed by atoms with Crippen LogP contribution in [0.2, 0.25) is 0 Å². The van der Waals surface area contributed by atoms with Crippen LogP contribution in [-0.2, 0) is 66.3 Å². The molecular formula is C45H78O37. The molecule has 21 rings (SSSR count). The minimum absolute atomic E-state index is 0.139. The van der Waals surface area contributed by atoms with Gasteiger partial charge >= 0.3 is 0 Å². The molecule has 21 heterocycles. The smallest absolute Gasteiger partial charge is 0.187 e. The fourth-order valence-corrected chi connectivity index (χ4v) is 10.4. The van der Waals surface area contributed by atoms with Crippen molar-refractivity contribution in [1.82, 2.24) is 0 Å². The Morgan fingerprint density at radius 2 is 0.329 bits per heavy atom. The lowest BCUT2D eigenvalue weighted by atomic mass is 9.95. The molecule has 0 amide bonds. The van der Waals surface area contributed by atoms with E-state index in [0.29, 0.717) is 0 Å². The van der Waals surface area contributed by atoms with E-state index in [4.69, 9.17) is 76.5 Å². The second kappa shape index (κ2) is 29.7. The molecule has 0 aliphatic carbocycles. The van der Waals surface area contributed by atoms with E-state index in [-0.39, 0.29) is 6.61 Å². The first kappa shape index (κ1) is 68.0. The summed E-state index contributed by atoms with van der Waals surface area (Å²) in [6.45, 7) is -5.94. The van der Waals surface area contributed by atoms with E-state index < -0.39 is 267 Å². The summed E-state index contributed by atoms with van der Waals surface area (Å²) < 4.78 is 79.5. The van der Waals surface area contributed by atoms with Gasteiger partial charge in [-0.2, -0.15) is 0 Å². The number of rotatable bonds is 8. The minimum atomic E-state index is -2.21. The highest BCUT2D eigenvalue weighted by Crippen LogP contribution is 2.39. The van der Waals surface area contributed by atoms with Crippen molar-refractivity contribution in [2.24, 2.45) is 0 Å². The van der Waals surface area contributed by atoms with Crippen LogP contribution in [0.3, 0.4) is 0 Å². The summed E-state index contributed by atoms with van der Waals surface area (Å²) in [5.41, 5.74) is 0. The lowest BCUT2D eigenvalue weighted by Crippen LogP contribution is -2.68. The molecule has 37 nitrogen and oxygen atoms in total. The maximum Gasteiger partial charge on any atom is 0.187 e. The average molecular weight is 1210 g/mol. The van der Waals surface area contributed by atoms with Gasteiger partial charge in [-0.3, -0.25) is 0 Å². The first-order valence-corrected chi connectivity index (χ1v) is 26.2. The van der Waals surface area contributed by atoms with Crippen molar-refractivity contribution in [3.63, 3.8) is 0 Å². The zero-order chi connectivity index (χ0) is 60.3. The molecule has 0 aromatic carbocycles. The van der Waals surface area contributed by atoms with Gasteiger partial charge in [0.05, 0.1) is 59.0 Å². The molecule has 21 fully saturated rings. The summed E-state index contributed by atoms with van der Waals surface area (Å²) in [7, 11) is 0. The van der Waals surface area contributed by atoms with Crippen LogP contribution in [0.4, 0.5) is 0 Å². The average Bonchev–Trinajstić information content (AvgIpc) is 3.01. The Bertz CT molecular complexity index is 1540. The van der Waals surface area contributed by atoms with Crippen molar-refractivity contribution in [2.45, 2.75) is 228 Å². The quantitative estimate of drug-likeness (QED) is 0.107. The highest BCUT2D eigenvalue weighted by Gasteiger charge is 2.59. The Labute approximate surface area is 464 Å². The van der Waals surface area contributed by atoms with Crippen molar-refractivity contribution < 1.29 is 184 Å². The highest BCUT2D eigenvalue weighted by atomic mass is 16.8. The molecule has 37 heteroatoms. The maximum atomic E-state index is 11.3. The molecule has 0 saturated carbocycles.